The van der Waals surface area contributed by atoms with Gasteiger partial charge < -0.3 is 0 Å². The van der Waals surface area contributed by atoms with Crippen molar-refractivity contribution in [3.8, 4) is 0 Å². The van der Waals surface area contributed by atoms with E-state index in [2.05, 4.69) is 20.5 Å². The maximum Gasteiger partial charge on any atom is 0.250 e. The van der Waals surface area contributed by atoms with Crippen molar-refractivity contribution in [2.45, 2.75) is 11.3 Å². The second-order valence-electron chi connectivity index (χ2n) is 4.70. The molecule has 0 saturated heterocycles. The van der Waals surface area contributed by atoms with E-state index in [4.69, 9.17) is 0 Å². The van der Waals surface area contributed by atoms with Crippen molar-refractivity contribution >= 4 is 44.9 Å². The van der Waals surface area contributed by atoms with Crippen LogP contribution in [-0.4, -0.2) is 27.3 Å². The number of aromatic nitrogens is 2. The van der Waals surface area contributed by atoms with E-state index in [0.717, 1.165) is 25.8 Å². The molecule has 0 unspecified atom stereocenters. The maximum atomic E-state index is 11.9. The molecule has 1 amide bonds. The largest absolute Gasteiger partial charge is 0.272 e. The summed E-state index contributed by atoms with van der Waals surface area (Å²) in [6.07, 6.45) is 3.39. The van der Waals surface area contributed by atoms with Gasteiger partial charge >= 0.3 is 0 Å². The molecule has 2 aromatic heterocycles. The second kappa shape index (κ2) is 7.34. The summed E-state index contributed by atoms with van der Waals surface area (Å²) in [5.74, 6) is 0.134. The minimum atomic E-state index is -0.150. The summed E-state index contributed by atoms with van der Waals surface area (Å²) in [4.78, 5) is 20.3. The molecule has 0 aliphatic rings. The van der Waals surface area contributed by atoms with Gasteiger partial charge in [0.15, 0.2) is 4.34 Å². The molecule has 23 heavy (non-hydrogen) atoms. The number of benzene rings is 1. The summed E-state index contributed by atoms with van der Waals surface area (Å²) in [5, 5.41) is 4.11. The number of fused-ring (bicyclic) bond motifs is 1. The molecule has 5 nitrogen and oxygen atoms in total. The number of para-hydroxylation sites is 1. The van der Waals surface area contributed by atoms with Crippen molar-refractivity contribution in [2.24, 2.45) is 5.10 Å². The number of pyridine rings is 1. The zero-order valence-electron chi connectivity index (χ0n) is 12.4. The van der Waals surface area contributed by atoms with E-state index < -0.39 is 0 Å². The molecule has 116 valence electrons. The lowest BCUT2D eigenvalue weighted by Gasteiger charge is -2.01. The van der Waals surface area contributed by atoms with Crippen LogP contribution in [0.25, 0.3) is 10.2 Å². The van der Waals surface area contributed by atoms with Crippen molar-refractivity contribution in [1.82, 2.24) is 15.4 Å². The molecule has 0 saturated carbocycles. The van der Waals surface area contributed by atoms with E-state index in [1.807, 2.05) is 43.3 Å². The summed E-state index contributed by atoms with van der Waals surface area (Å²) in [7, 11) is 0. The quantitative estimate of drug-likeness (QED) is 0.439. The topological polar surface area (TPSA) is 67.2 Å². The number of hydrogen-bond acceptors (Lipinski definition) is 6. The monoisotopic (exact) mass is 342 g/mol. The second-order valence-corrected chi connectivity index (χ2v) is 6.96. The molecule has 0 aliphatic carbocycles. The van der Waals surface area contributed by atoms with Crippen molar-refractivity contribution in [2.75, 3.05) is 5.75 Å². The number of nitrogens with one attached hydrogen (secondary N) is 1. The Hall–Kier alpha value is -2.25. The molecule has 2 heterocycles. The molecular weight excluding hydrogens is 328 g/mol. The number of hydrogen-bond donors (Lipinski definition) is 1. The van der Waals surface area contributed by atoms with Crippen LogP contribution in [0.3, 0.4) is 0 Å². The van der Waals surface area contributed by atoms with E-state index in [1.165, 1.54) is 11.8 Å². The molecule has 7 heteroatoms. The Balaban J connectivity index is 1.55. The first-order chi connectivity index (χ1) is 11.2. The fraction of sp³-hybridized carbons (Fsp3) is 0.125. The van der Waals surface area contributed by atoms with Gasteiger partial charge in [-0.15, -0.1) is 11.3 Å². The number of carbonyl (C=O) groups excluding carboxylic acids is 1. The van der Waals surface area contributed by atoms with E-state index in [9.17, 15) is 4.79 Å². The van der Waals surface area contributed by atoms with Crippen LogP contribution in [0.15, 0.2) is 58.2 Å². The summed E-state index contributed by atoms with van der Waals surface area (Å²) in [5.41, 5.74) is 5.21. The van der Waals surface area contributed by atoms with Gasteiger partial charge in [-0.1, -0.05) is 23.9 Å². The van der Waals surface area contributed by atoms with Gasteiger partial charge in [-0.25, -0.2) is 10.4 Å². The van der Waals surface area contributed by atoms with Gasteiger partial charge in [0.1, 0.15) is 0 Å². The third-order valence-electron chi connectivity index (χ3n) is 3.05. The predicted octanol–water partition coefficient (Wildman–Crippen LogP) is 3.32. The number of thioether (sulfide) groups is 1. The Morgan fingerprint density at radius 3 is 2.83 bits per heavy atom. The predicted molar refractivity (Wildman–Crippen MR) is 94.9 cm³/mol. The zero-order valence-corrected chi connectivity index (χ0v) is 14.0. The van der Waals surface area contributed by atoms with Gasteiger partial charge in [0.05, 0.1) is 21.7 Å². The van der Waals surface area contributed by atoms with Crippen LogP contribution in [0.5, 0.6) is 0 Å². The summed E-state index contributed by atoms with van der Waals surface area (Å²) < 4.78 is 2.01. The highest BCUT2D eigenvalue weighted by atomic mass is 32.2. The fourth-order valence-electron chi connectivity index (χ4n) is 1.88. The molecule has 0 aliphatic heterocycles. The Morgan fingerprint density at radius 2 is 2.04 bits per heavy atom. The number of amides is 1. The van der Waals surface area contributed by atoms with Crippen LogP contribution in [0.4, 0.5) is 0 Å². The maximum absolute atomic E-state index is 11.9. The Bertz CT molecular complexity index is 812. The van der Waals surface area contributed by atoms with Crippen LogP contribution in [0.1, 0.15) is 12.5 Å². The van der Waals surface area contributed by atoms with Gasteiger partial charge in [0.2, 0.25) is 0 Å². The summed E-state index contributed by atoms with van der Waals surface area (Å²) in [6.45, 7) is 1.84. The lowest BCUT2D eigenvalue weighted by Crippen LogP contribution is -2.21. The third-order valence-corrected chi connectivity index (χ3v) is 5.23. The van der Waals surface area contributed by atoms with E-state index in [-0.39, 0.29) is 11.7 Å². The number of carbonyl (C=O) groups is 1. The standard InChI is InChI=1S/C16H14N4OS2/c1-11(12-6-8-17-9-7-12)19-20-15(21)10-22-16-18-13-4-2-3-5-14(13)23-16/h2-9H,10H2,1H3,(H,20,21). The van der Waals surface area contributed by atoms with Crippen LogP contribution < -0.4 is 5.43 Å². The summed E-state index contributed by atoms with van der Waals surface area (Å²) >= 11 is 3.01. The first-order valence-corrected chi connectivity index (χ1v) is 8.74. The highest BCUT2D eigenvalue weighted by Crippen LogP contribution is 2.28. The molecule has 0 atom stereocenters. The summed E-state index contributed by atoms with van der Waals surface area (Å²) in [6, 6.07) is 11.6. The lowest BCUT2D eigenvalue weighted by molar-refractivity contribution is -0.118. The van der Waals surface area contributed by atoms with Crippen LogP contribution in [0, 0.1) is 0 Å². The van der Waals surface area contributed by atoms with Gasteiger partial charge in [-0.05, 0) is 31.2 Å². The van der Waals surface area contributed by atoms with Gasteiger partial charge in [0, 0.05) is 18.0 Å². The molecule has 0 bridgehead atoms. The van der Waals surface area contributed by atoms with Crippen molar-refractivity contribution in [3.05, 3.63) is 54.4 Å². The molecule has 0 radical (unpaired) electrons. The number of thiazole rings is 1. The highest BCUT2D eigenvalue weighted by Gasteiger charge is 2.07. The van der Waals surface area contributed by atoms with E-state index in [1.54, 1.807) is 23.7 Å². The van der Waals surface area contributed by atoms with Gasteiger partial charge in [0.25, 0.3) is 5.91 Å². The first kappa shape index (κ1) is 15.6. The van der Waals surface area contributed by atoms with E-state index >= 15 is 0 Å². The minimum Gasteiger partial charge on any atom is -0.272 e. The molecule has 0 spiro atoms. The fourth-order valence-corrected chi connectivity index (χ4v) is 3.74. The number of hydrazone groups is 1. The average molecular weight is 342 g/mol. The van der Waals surface area contributed by atoms with E-state index in [0.29, 0.717) is 0 Å². The lowest BCUT2D eigenvalue weighted by atomic mass is 10.2. The smallest absolute Gasteiger partial charge is 0.250 e. The van der Waals surface area contributed by atoms with Crippen molar-refractivity contribution in [1.29, 1.82) is 0 Å². The molecular formula is C16H14N4OS2. The minimum absolute atomic E-state index is 0.150. The first-order valence-electron chi connectivity index (χ1n) is 6.94. The van der Waals surface area contributed by atoms with Crippen molar-refractivity contribution in [3.63, 3.8) is 0 Å². The number of nitrogens with zero attached hydrogens (tertiary/aromatic N) is 3. The van der Waals surface area contributed by atoms with Crippen LogP contribution in [0.2, 0.25) is 0 Å². The van der Waals surface area contributed by atoms with Crippen molar-refractivity contribution < 1.29 is 4.79 Å². The zero-order chi connectivity index (χ0) is 16.1. The Kier molecular flexibility index (Phi) is 4.99. The normalized spacial score (nSPS) is 11.6. The van der Waals surface area contributed by atoms with Gasteiger partial charge in [-0.3, -0.25) is 9.78 Å². The van der Waals surface area contributed by atoms with Crippen LogP contribution >= 0.6 is 23.1 Å². The highest BCUT2D eigenvalue weighted by molar-refractivity contribution is 8.01. The number of rotatable bonds is 5. The van der Waals surface area contributed by atoms with Gasteiger partial charge in [-0.2, -0.15) is 5.10 Å². The average Bonchev–Trinajstić information content (AvgIpc) is 3.01. The molecule has 3 aromatic rings. The molecule has 0 fully saturated rings. The Labute approximate surface area is 141 Å². The SMILES string of the molecule is CC(=NNC(=O)CSc1nc2ccccc2s1)c1ccncc1. The molecule has 1 N–H and O–H groups in total. The third kappa shape index (κ3) is 4.14. The van der Waals surface area contributed by atoms with Crippen LogP contribution in [-0.2, 0) is 4.79 Å². The Morgan fingerprint density at radius 1 is 1.26 bits per heavy atom. The molecule has 3 rings (SSSR count). The molecule has 1 aromatic carbocycles.